The lowest BCUT2D eigenvalue weighted by Gasteiger charge is -2.31. The molecular weight excluding hydrogens is 190 g/mol. The number of nitrogens with zero attached hydrogens (tertiary/aromatic N) is 1. The number of nitrogens with one attached hydrogen (secondary N) is 1. The minimum absolute atomic E-state index is 0.615. The van der Waals surface area contributed by atoms with Crippen molar-refractivity contribution in [3.63, 3.8) is 0 Å². The van der Waals surface area contributed by atoms with Gasteiger partial charge in [0, 0.05) is 31.9 Å². The molecule has 0 bridgehead atoms. The van der Waals surface area contributed by atoms with Crippen LogP contribution in [0.3, 0.4) is 0 Å². The quantitative estimate of drug-likeness (QED) is 0.480. The van der Waals surface area contributed by atoms with Crippen molar-refractivity contribution in [3.05, 3.63) is 12.1 Å². The third kappa shape index (κ3) is 1.92. The Bertz CT molecular complexity index is 334. The van der Waals surface area contributed by atoms with Crippen LogP contribution in [0.5, 0.6) is 0 Å². The number of hydrogen-bond donors (Lipinski definition) is 4. The second-order valence-electron chi connectivity index (χ2n) is 3.79. The monoisotopic (exact) mass is 207 g/mol. The van der Waals surface area contributed by atoms with Gasteiger partial charge in [-0.25, -0.2) is 0 Å². The average Bonchev–Trinajstić information content (AvgIpc) is 2.17. The first-order valence-corrected chi connectivity index (χ1v) is 5.08. The Kier molecular flexibility index (Phi) is 2.55. The lowest BCUT2D eigenvalue weighted by Crippen LogP contribution is -2.44. The van der Waals surface area contributed by atoms with Crippen LogP contribution in [-0.2, 0) is 0 Å². The molecule has 5 heteroatoms. The topological polar surface area (TPSA) is 93.3 Å². The summed E-state index contributed by atoms with van der Waals surface area (Å²) in [5.74, 6) is 0. The van der Waals surface area contributed by atoms with Crippen LogP contribution in [0.25, 0.3) is 0 Å². The summed E-state index contributed by atoms with van der Waals surface area (Å²) in [4.78, 5) is 2.20. The Morgan fingerprint density at radius 2 is 1.53 bits per heavy atom. The van der Waals surface area contributed by atoms with Crippen LogP contribution < -0.4 is 27.4 Å². The van der Waals surface area contributed by atoms with Gasteiger partial charge in [0.1, 0.15) is 0 Å². The van der Waals surface area contributed by atoms with Crippen LogP contribution in [0.2, 0.25) is 0 Å². The Labute approximate surface area is 89.2 Å². The maximum Gasteiger partial charge on any atom is 0.0835 e. The molecule has 0 spiro atoms. The molecule has 82 valence electrons. The molecule has 0 radical (unpaired) electrons. The second kappa shape index (κ2) is 3.86. The van der Waals surface area contributed by atoms with Crippen molar-refractivity contribution in [2.75, 3.05) is 48.3 Å². The van der Waals surface area contributed by atoms with Crippen LogP contribution in [-0.4, -0.2) is 26.2 Å². The molecule has 0 saturated carbocycles. The molecule has 15 heavy (non-hydrogen) atoms. The fourth-order valence-corrected chi connectivity index (χ4v) is 1.96. The van der Waals surface area contributed by atoms with Gasteiger partial charge in [-0.2, -0.15) is 0 Å². The highest BCUT2D eigenvalue weighted by Crippen LogP contribution is 2.32. The first-order chi connectivity index (χ1) is 7.18. The molecule has 2 rings (SSSR count). The smallest absolute Gasteiger partial charge is 0.0835 e. The molecule has 5 nitrogen and oxygen atoms in total. The van der Waals surface area contributed by atoms with Crippen molar-refractivity contribution in [2.24, 2.45) is 0 Å². The van der Waals surface area contributed by atoms with Crippen molar-refractivity contribution < 1.29 is 0 Å². The minimum Gasteiger partial charge on any atom is -0.399 e. The SMILES string of the molecule is Nc1cc(N)c(N2CCNCC2)c(N)c1. The fourth-order valence-electron chi connectivity index (χ4n) is 1.96. The van der Waals surface area contributed by atoms with Crippen molar-refractivity contribution >= 4 is 22.7 Å². The van der Waals surface area contributed by atoms with E-state index >= 15 is 0 Å². The van der Waals surface area contributed by atoms with Crippen LogP contribution in [0.4, 0.5) is 22.7 Å². The number of nitrogen functional groups attached to an aromatic ring is 3. The van der Waals surface area contributed by atoms with E-state index in [9.17, 15) is 0 Å². The molecule has 0 atom stereocenters. The summed E-state index contributed by atoms with van der Waals surface area (Å²) in [6.07, 6.45) is 0. The summed E-state index contributed by atoms with van der Waals surface area (Å²) in [5.41, 5.74) is 20.4. The molecule has 1 fully saturated rings. The van der Waals surface area contributed by atoms with Gasteiger partial charge >= 0.3 is 0 Å². The van der Waals surface area contributed by atoms with E-state index in [1.807, 2.05) is 0 Å². The predicted octanol–water partition coefficient (Wildman–Crippen LogP) is -0.157. The third-order valence-corrected chi connectivity index (χ3v) is 2.62. The molecular formula is C10H17N5. The molecule has 0 amide bonds. The van der Waals surface area contributed by atoms with Gasteiger partial charge in [0.05, 0.1) is 17.1 Å². The van der Waals surface area contributed by atoms with Gasteiger partial charge in [-0.3, -0.25) is 0 Å². The molecule has 7 N–H and O–H groups in total. The molecule has 0 unspecified atom stereocenters. The number of piperazine rings is 1. The van der Waals surface area contributed by atoms with E-state index in [-0.39, 0.29) is 0 Å². The first kappa shape index (κ1) is 9.92. The molecule has 1 aliphatic heterocycles. The van der Waals surface area contributed by atoms with Gasteiger partial charge in [0.15, 0.2) is 0 Å². The van der Waals surface area contributed by atoms with Crippen molar-refractivity contribution in [1.82, 2.24) is 5.32 Å². The zero-order chi connectivity index (χ0) is 10.8. The lowest BCUT2D eigenvalue weighted by atomic mass is 10.1. The average molecular weight is 207 g/mol. The van der Waals surface area contributed by atoms with Crippen molar-refractivity contribution in [2.45, 2.75) is 0 Å². The standard InChI is InChI=1S/C10H17N5/c11-7-5-8(12)10(9(13)6-7)15-3-1-14-2-4-15/h5-6,14H,1-4,11-13H2. The zero-order valence-corrected chi connectivity index (χ0v) is 8.66. The third-order valence-electron chi connectivity index (χ3n) is 2.62. The van der Waals surface area contributed by atoms with Gasteiger partial charge in [-0.1, -0.05) is 0 Å². The van der Waals surface area contributed by atoms with Crippen molar-refractivity contribution in [1.29, 1.82) is 0 Å². The second-order valence-corrected chi connectivity index (χ2v) is 3.79. The summed E-state index contributed by atoms with van der Waals surface area (Å²) in [7, 11) is 0. The van der Waals surface area contributed by atoms with E-state index in [0.717, 1.165) is 31.9 Å². The van der Waals surface area contributed by atoms with Crippen LogP contribution in [0, 0.1) is 0 Å². The highest BCUT2D eigenvalue weighted by molar-refractivity contribution is 5.84. The first-order valence-electron chi connectivity index (χ1n) is 5.08. The fraction of sp³-hybridized carbons (Fsp3) is 0.400. The van der Waals surface area contributed by atoms with Crippen LogP contribution >= 0.6 is 0 Å². The lowest BCUT2D eigenvalue weighted by molar-refractivity contribution is 0.590. The largest absolute Gasteiger partial charge is 0.399 e. The van der Waals surface area contributed by atoms with Crippen LogP contribution in [0.15, 0.2) is 12.1 Å². The minimum atomic E-state index is 0.615. The Morgan fingerprint density at radius 1 is 1.00 bits per heavy atom. The van der Waals surface area contributed by atoms with Gasteiger partial charge in [0.2, 0.25) is 0 Å². The van der Waals surface area contributed by atoms with Gasteiger partial charge in [0.25, 0.3) is 0 Å². The van der Waals surface area contributed by atoms with E-state index in [1.165, 1.54) is 0 Å². The number of rotatable bonds is 1. The van der Waals surface area contributed by atoms with Gasteiger partial charge < -0.3 is 27.4 Å². The van der Waals surface area contributed by atoms with E-state index in [4.69, 9.17) is 17.2 Å². The van der Waals surface area contributed by atoms with E-state index in [1.54, 1.807) is 12.1 Å². The van der Waals surface area contributed by atoms with E-state index in [2.05, 4.69) is 10.2 Å². The molecule has 1 heterocycles. The molecule has 1 saturated heterocycles. The molecule has 0 aromatic heterocycles. The predicted molar refractivity (Wildman–Crippen MR) is 64.8 cm³/mol. The Hall–Kier alpha value is -1.62. The summed E-state index contributed by atoms with van der Waals surface area (Å²) < 4.78 is 0. The number of anilines is 4. The van der Waals surface area contributed by atoms with Crippen molar-refractivity contribution in [3.8, 4) is 0 Å². The summed E-state index contributed by atoms with van der Waals surface area (Å²) in [6.45, 7) is 3.78. The molecule has 1 aliphatic rings. The number of nitrogens with two attached hydrogens (primary N) is 3. The van der Waals surface area contributed by atoms with Crippen LogP contribution in [0.1, 0.15) is 0 Å². The molecule has 1 aromatic rings. The molecule has 1 aromatic carbocycles. The molecule has 0 aliphatic carbocycles. The number of benzene rings is 1. The highest BCUT2D eigenvalue weighted by Gasteiger charge is 2.16. The normalized spacial score (nSPS) is 16.7. The summed E-state index contributed by atoms with van der Waals surface area (Å²) in [6, 6.07) is 3.52. The van der Waals surface area contributed by atoms with E-state index < -0.39 is 0 Å². The van der Waals surface area contributed by atoms with E-state index in [0.29, 0.717) is 17.1 Å². The maximum atomic E-state index is 5.93. The number of hydrogen-bond acceptors (Lipinski definition) is 5. The maximum absolute atomic E-state index is 5.93. The zero-order valence-electron chi connectivity index (χ0n) is 8.66. The Balaban J connectivity index is 2.33. The van der Waals surface area contributed by atoms with Gasteiger partial charge in [-0.15, -0.1) is 0 Å². The summed E-state index contributed by atoms with van der Waals surface area (Å²) >= 11 is 0. The summed E-state index contributed by atoms with van der Waals surface area (Å²) in [5, 5.41) is 3.29. The van der Waals surface area contributed by atoms with Gasteiger partial charge in [-0.05, 0) is 12.1 Å². The Morgan fingerprint density at radius 3 is 2.07 bits per heavy atom. The highest BCUT2D eigenvalue weighted by atomic mass is 15.2.